The molecule has 0 radical (unpaired) electrons. The molecule has 2 unspecified atom stereocenters. The van der Waals surface area contributed by atoms with E-state index in [0.29, 0.717) is 12.2 Å². The number of thioether (sulfide) groups is 1. The zero-order valence-corrected chi connectivity index (χ0v) is 26.8. The van der Waals surface area contributed by atoms with Crippen molar-refractivity contribution in [3.05, 3.63) is 6.20 Å². The van der Waals surface area contributed by atoms with Crippen LogP contribution in [0.2, 0.25) is 0 Å². The largest absolute Gasteiger partial charge is 0.388 e. The van der Waals surface area contributed by atoms with Crippen molar-refractivity contribution in [2.45, 2.75) is 153 Å². The average molecular weight is 630 g/mol. The second-order valence-electron chi connectivity index (χ2n) is 11.5. The Morgan fingerprint density at radius 2 is 1.53 bits per heavy atom. The fourth-order valence-electron chi connectivity index (χ4n) is 5.06. The monoisotopic (exact) mass is 629 g/mol. The number of rotatable bonds is 24. The first-order valence-electron chi connectivity index (χ1n) is 16.2. The highest BCUT2D eigenvalue weighted by Gasteiger charge is 2.45. The van der Waals surface area contributed by atoms with Crippen LogP contribution in [0.25, 0.3) is 0 Å². The number of carbonyl (C=O) groups is 2. The molecule has 2 heterocycles. The summed E-state index contributed by atoms with van der Waals surface area (Å²) in [6.45, 7) is 4.14. The Kier molecular flexibility index (Phi) is 19.0. The lowest BCUT2D eigenvalue weighted by Gasteiger charge is -2.20. The molecule has 1 aliphatic heterocycles. The number of hydrogen-bond donors (Lipinski definition) is 6. The molecule has 0 saturated carbocycles. The lowest BCUT2D eigenvalue weighted by Crippen LogP contribution is -2.45. The number of aliphatic hydroxyl groups excluding tert-OH is 4. The summed E-state index contributed by atoms with van der Waals surface area (Å²) >= 11 is 1.59. The quantitative estimate of drug-likeness (QED) is 0.0931. The molecule has 1 aliphatic rings. The minimum Gasteiger partial charge on any atom is -0.388 e. The predicted molar refractivity (Wildman–Crippen MR) is 167 cm³/mol. The van der Waals surface area contributed by atoms with Crippen LogP contribution in [-0.4, -0.2) is 95.5 Å². The SMILES string of the molecule is CCCCCCCCCCCCCCCC(=O)N[C@H](CSCCC)C(=O)Nc1cn(C[C@H](O)C2OC(O)[C@@H](O)[C@@H]2O)nn1. The van der Waals surface area contributed by atoms with Crippen LogP contribution in [-0.2, 0) is 20.9 Å². The van der Waals surface area contributed by atoms with E-state index in [0.717, 1.165) is 31.4 Å². The molecule has 1 aromatic heterocycles. The molecule has 13 heteroatoms. The molecule has 2 amide bonds. The number of hydrogen-bond acceptors (Lipinski definition) is 10. The van der Waals surface area contributed by atoms with Crippen LogP contribution in [0.4, 0.5) is 5.82 Å². The van der Waals surface area contributed by atoms with Gasteiger partial charge in [-0.1, -0.05) is 96.1 Å². The summed E-state index contributed by atoms with van der Waals surface area (Å²) in [6, 6.07) is -0.730. The van der Waals surface area contributed by atoms with Crippen LogP contribution in [0.1, 0.15) is 110 Å². The summed E-state index contributed by atoms with van der Waals surface area (Å²) in [5.74, 6) is 0.882. The number of amides is 2. The van der Waals surface area contributed by atoms with Crippen molar-refractivity contribution in [1.82, 2.24) is 20.3 Å². The number of aromatic nitrogens is 3. The van der Waals surface area contributed by atoms with E-state index in [1.807, 2.05) is 0 Å². The van der Waals surface area contributed by atoms with E-state index in [1.165, 1.54) is 75.1 Å². The summed E-state index contributed by atoms with van der Waals surface area (Å²) in [6.07, 6.45) is 11.7. The summed E-state index contributed by atoms with van der Waals surface area (Å²) in [4.78, 5) is 25.7. The molecule has 0 aliphatic carbocycles. The van der Waals surface area contributed by atoms with Crippen LogP contribution >= 0.6 is 11.8 Å². The Bertz CT molecular complexity index is 908. The Morgan fingerprint density at radius 1 is 0.930 bits per heavy atom. The average Bonchev–Trinajstić information content (AvgIpc) is 3.53. The van der Waals surface area contributed by atoms with Gasteiger partial charge in [-0.15, -0.1) is 5.10 Å². The van der Waals surface area contributed by atoms with Gasteiger partial charge in [0.1, 0.15) is 30.5 Å². The highest BCUT2D eigenvalue weighted by molar-refractivity contribution is 7.99. The predicted octanol–water partition coefficient (Wildman–Crippen LogP) is 3.13. The van der Waals surface area contributed by atoms with E-state index in [1.54, 1.807) is 11.8 Å². The summed E-state index contributed by atoms with van der Waals surface area (Å²) in [7, 11) is 0. The molecule has 2 rings (SSSR count). The van der Waals surface area contributed by atoms with Gasteiger partial charge in [0, 0.05) is 12.2 Å². The van der Waals surface area contributed by atoms with Gasteiger partial charge < -0.3 is 35.8 Å². The van der Waals surface area contributed by atoms with E-state index in [4.69, 9.17) is 4.74 Å². The molecule has 248 valence electrons. The third-order valence-electron chi connectivity index (χ3n) is 7.61. The molecular weight excluding hydrogens is 574 g/mol. The Balaban J connectivity index is 1.69. The molecule has 6 N–H and O–H groups in total. The first kappa shape index (κ1) is 37.4. The van der Waals surface area contributed by atoms with Gasteiger partial charge in [0.2, 0.25) is 11.8 Å². The van der Waals surface area contributed by atoms with Crippen molar-refractivity contribution in [2.75, 3.05) is 16.8 Å². The maximum atomic E-state index is 13.0. The molecule has 6 atom stereocenters. The number of carbonyl (C=O) groups excluding carboxylic acids is 2. The lowest BCUT2D eigenvalue weighted by molar-refractivity contribution is -0.147. The molecule has 43 heavy (non-hydrogen) atoms. The fraction of sp³-hybridized carbons (Fsp3) is 0.867. The lowest BCUT2D eigenvalue weighted by atomic mass is 10.0. The van der Waals surface area contributed by atoms with E-state index < -0.39 is 42.7 Å². The maximum Gasteiger partial charge on any atom is 0.249 e. The van der Waals surface area contributed by atoms with E-state index >= 15 is 0 Å². The number of anilines is 1. The molecule has 12 nitrogen and oxygen atoms in total. The van der Waals surface area contributed by atoms with E-state index in [-0.39, 0.29) is 18.3 Å². The van der Waals surface area contributed by atoms with Crippen molar-refractivity contribution >= 4 is 29.4 Å². The van der Waals surface area contributed by atoms with Gasteiger partial charge in [-0.2, -0.15) is 11.8 Å². The number of ether oxygens (including phenoxy) is 1. The van der Waals surface area contributed by atoms with Crippen molar-refractivity contribution in [1.29, 1.82) is 0 Å². The van der Waals surface area contributed by atoms with Crippen molar-refractivity contribution in [3.8, 4) is 0 Å². The summed E-state index contributed by atoms with van der Waals surface area (Å²) in [5, 5.41) is 52.8. The third-order valence-corrected chi connectivity index (χ3v) is 8.88. The first-order chi connectivity index (χ1) is 20.8. The minimum atomic E-state index is -1.59. The second kappa shape index (κ2) is 21.9. The topological polar surface area (TPSA) is 179 Å². The Hall–Kier alpha value is -1.77. The number of aliphatic hydroxyl groups is 4. The van der Waals surface area contributed by atoms with Crippen LogP contribution in [0.3, 0.4) is 0 Å². The number of nitrogens with zero attached hydrogens (tertiary/aromatic N) is 3. The maximum absolute atomic E-state index is 13.0. The zero-order chi connectivity index (χ0) is 31.5. The Labute approximate surface area is 260 Å². The number of unbranched alkanes of at least 4 members (excludes halogenated alkanes) is 12. The smallest absolute Gasteiger partial charge is 0.249 e. The molecule has 1 fully saturated rings. The van der Waals surface area contributed by atoms with Gasteiger partial charge in [0.15, 0.2) is 12.1 Å². The van der Waals surface area contributed by atoms with Crippen molar-refractivity contribution in [2.24, 2.45) is 0 Å². The zero-order valence-electron chi connectivity index (χ0n) is 26.0. The fourth-order valence-corrected chi connectivity index (χ4v) is 5.98. The van der Waals surface area contributed by atoms with Gasteiger partial charge >= 0.3 is 0 Å². The minimum absolute atomic E-state index is 0.140. The Morgan fingerprint density at radius 3 is 2.09 bits per heavy atom. The molecular formula is C30H55N5O7S. The van der Waals surface area contributed by atoms with Crippen molar-refractivity contribution < 1.29 is 34.8 Å². The summed E-state index contributed by atoms with van der Waals surface area (Å²) in [5.41, 5.74) is 0. The second-order valence-corrected chi connectivity index (χ2v) is 12.7. The molecule has 0 spiro atoms. The number of nitrogens with one attached hydrogen (secondary N) is 2. The third kappa shape index (κ3) is 14.7. The normalized spacial score (nSPS) is 21.5. The molecule has 0 bridgehead atoms. The first-order valence-corrected chi connectivity index (χ1v) is 17.4. The van der Waals surface area contributed by atoms with Gasteiger partial charge in [-0.05, 0) is 18.6 Å². The van der Waals surface area contributed by atoms with Gasteiger partial charge in [0.25, 0.3) is 0 Å². The van der Waals surface area contributed by atoms with Crippen LogP contribution < -0.4 is 10.6 Å². The standard InChI is InChI=1S/C30H55N5O7S/c1-3-5-6-7-8-9-10-11-12-13-14-15-16-17-25(37)31-22(21-43-18-4-2)29(40)32-24-20-35(34-33-24)19-23(36)28-26(38)27(39)30(41)42-28/h20,22-23,26-28,30,36,38-39,41H,3-19,21H2,1-2H3,(H,31,37)(H,32,40)/t22-,23+,26+,27+,28?,30?/m1/s1. The highest BCUT2D eigenvalue weighted by atomic mass is 32.2. The van der Waals surface area contributed by atoms with Gasteiger partial charge in [0.05, 0.1) is 12.7 Å². The van der Waals surface area contributed by atoms with E-state index in [9.17, 15) is 30.0 Å². The molecule has 0 aromatic carbocycles. The highest BCUT2D eigenvalue weighted by Crippen LogP contribution is 2.23. The van der Waals surface area contributed by atoms with Crippen LogP contribution in [0.5, 0.6) is 0 Å². The van der Waals surface area contributed by atoms with Crippen molar-refractivity contribution in [3.63, 3.8) is 0 Å². The molecule has 1 saturated heterocycles. The van der Waals surface area contributed by atoms with E-state index in [2.05, 4.69) is 34.8 Å². The van der Waals surface area contributed by atoms with Gasteiger partial charge in [-0.25, -0.2) is 4.68 Å². The summed E-state index contributed by atoms with van der Waals surface area (Å²) < 4.78 is 6.27. The molecule has 1 aromatic rings. The van der Waals surface area contributed by atoms with Crippen LogP contribution in [0, 0.1) is 0 Å². The van der Waals surface area contributed by atoms with Gasteiger partial charge in [-0.3, -0.25) is 9.59 Å². The van der Waals surface area contributed by atoms with Crippen LogP contribution in [0.15, 0.2) is 6.20 Å².